The third kappa shape index (κ3) is 4.63. The maximum Gasteiger partial charge on any atom is 0.291 e. The zero-order chi connectivity index (χ0) is 23.5. The van der Waals surface area contributed by atoms with Crippen LogP contribution in [-0.4, -0.2) is 48.0 Å². The zero-order valence-corrected chi connectivity index (χ0v) is 18.8. The number of rotatable bonds is 6. The summed E-state index contributed by atoms with van der Waals surface area (Å²) in [6.07, 6.45) is 0. The molecule has 0 aliphatic carbocycles. The van der Waals surface area contributed by atoms with E-state index in [2.05, 4.69) is 10.3 Å². The number of thiazole rings is 1. The Bertz CT molecular complexity index is 1330. The van der Waals surface area contributed by atoms with Crippen LogP contribution in [-0.2, 0) is 11.3 Å². The highest BCUT2D eigenvalue weighted by Gasteiger charge is 2.28. The van der Waals surface area contributed by atoms with Gasteiger partial charge in [-0.25, -0.2) is 9.37 Å². The van der Waals surface area contributed by atoms with Crippen molar-refractivity contribution >= 4 is 39.8 Å². The Balaban J connectivity index is 1.34. The van der Waals surface area contributed by atoms with Crippen LogP contribution < -0.4 is 10.1 Å². The van der Waals surface area contributed by atoms with Crippen LogP contribution in [0.15, 0.2) is 58.3 Å². The van der Waals surface area contributed by atoms with Crippen molar-refractivity contribution in [3.63, 3.8) is 0 Å². The van der Waals surface area contributed by atoms with Gasteiger partial charge < -0.3 is 24.1 Å². The van der Waals surface area contributed by atoms with Gasteiger partial charge in [0.25, 0.3) is 11.8 Å². The van der Waals surface area contributed by atoms with Crippen LogP contribution in [0.4, 0.5) is 10.1 Å². The number of ether oxygens (including phenoxy) is 2. The highest BCUT2D eigenvalue weighted by atomic mass is 32.1. The van der Waals surface area contributed by atoms with Crippen molar-refractivity contribution in [3.05, 3.63) is 76.2 Å². The molecule has 34 heavy (non-hydrogen) atoms. The lowest BCUT2D eigenvalue weighted by Gasteiger charge is -2.26. The van der Waals surface area contributed by atoms with Gasteiger partial charge in [-0.15, -0.1) is 11.3 Å². The van der Waals surface area contributed by atoms with Crippen LogP contribution in [0.5, 0.6) is 5.75 Å². The van der Waals surface area contributed by atoms with Crippen LogP contribution in [0.1, 0.15) is 26.1 Å². The molecule has 1 N–H and O–H groups in total. The number of hydrogen-bond acceptors (Lipinski definition) is 7. The van der Waals surface area contributed by atoms with E-state index in [0.29, 0.717) is 53.7 Å². The third-order valence-corrected chi connectivity index (χ3v) is 6.11. The van der Waals surface area contributed by atoms with Gasteiger partial charge in [0.1, 0.15) is 40.1 Å². The van der Waals surface area contributed by atoms with E-state index in [1.165, 1.54) is 35.6 Å². The number of benzene rings is 2. The topological polar surface area (TPSA) is 93.9 Å². The molecular formula is C24H20FN3O5S. The number of carbonyl (C=O) groups excluding carboxylic acids is 2. The van der Waals surface area contributed by atoms with E-state index in [1.807, 2.05) is 6.07 Å². The normalized spacial score (nSPS) is 13.7. The number of carbonyl (C=O) groups is 2. The molecule has 3 heterocycles. The minimum Gasteiger partial charge on any atom is -0.486 e. The van der Waals surface area contributed by atoms with Crippen LogP contribution >= 0.6 is 11.3 Å². The van der Waals surface area contributed by atoms with Crippen molar-refractivity contribution in [2.24, 2.45) is 0 Å². The van der Waals surface area contributed by atoms with Crippen molar-refractivity contribution < 1.29 is 27.9 Å². The summed E-state index contributed by atoms with van der Waals surface area (Å²) in [7, 11) is 0. The molecule has 2 aromatic carbocycles. The Labute approximate surface area is 197 Å². The average molecular weight is 482 g/mol. The van der Waals surface area contributed by atoms with Crippen molar-refractivity contribution in [1.82, 2.24) is 9.88 Å². The van der Waals surface area contributed by atoms with E-state index in [-0.39, 0.29) is 29.8 Å². The molecule has 0 spiro atoms. The second kappa shape index (κ2) is 9.62. The lowest BCUT2D eigenvalue weighted by atomic mass is 10.2. The minimum absolute atomic E-state index is 0.0755. The summed E-state index contributed by atoms with van der Waals surface area (Å²) < 4.78 is 29.8. The third-order valence-electron chi connectivity index (χ3n) is 5.29. The Morgan fingerprint density at radius 1 is 1.12 bits per heavy atom. The molecule has 4 aromatic rings. The number of aromatic nitrogens is 1. The second-order valence-corrected chi connectivity index (χ2v) is 8.47. The quantitative estimate of drug-likeness (QED) is 0.441. The maximum absolute atomic E-state index is 13.1. The Morgan fingerprint density at radius 2 is 1.88 bits per heavy atom. The van der Waals surface area contributed by atoms with Crippen molar-refractivity contribution in [1.29, 1.82) is 0 Å². The van der Waals surface area contributed by atoms with E-state index in [1.54, 1.807) is 28.5 Å². The fraction of sp³-hybridized carbons (Fsp3) is 0.208. The van der Waals surface area contributed by atoms with Gasteiger partial charge in [0.15, 0.2) is 0 Å². The number of morpholine rings is 1. The summed E-state index contributed by atoms with van der Waals surface area (Å²) in [5.41, 5.74) is 1.01. The number of furan rings is 1. The first-order chi connectivity index (χ1) is 16.6. The SMILES string of the molecule is O=C(Nc1c(C(=O)N2CCOCC2)oc2ccccc12)c1csc(COc2ccc(F)cc2)n1. The highest BCUT2D eigenvalue weighted by Crippen LogP contribution is 2.32. The van der Waals surface area contributed by atoms with Crippen molar-refractivity contribution in [3.8, 4) is 5.75 Å². The monoisotopic (exact) mass is 481 g/mol. The van der Waals surface area contributed by atoms with Gasteiger partial charge in [-0.3, -0.25) is 9.59 Å². The molecule has 0 saturated carbocycles. The van der Waals surface area contributed by atoms with Crippen LogP contribution in [0.25, 0.3) is 11.0 Å². The van der Waals surface area contributed by atoms with E-state index in [4.69, 9.17) is 13.9 Å². The van der Waals surface area contributed by atoms with E-state index in [9.17, 15) is 14.0 Å². The number of halogens is 1. The van der Waals surface area contributed by atoms with E-state index >= 15 is 0 Å². The van der Waals surface area contributed by atoms with Gasteiger partial charge >= 0.3 is 0 Å². The standard InChI is InChI=1S/C24H20FN3O5S/c25-15-5-7-16(8-6-15)32-13-20-26-18(14-34-20)23(29)27-21-17-3-1-2-4-19(17)33-22(21)24(30)28-9-11-31-12-10-28/h1-8,14H,9-13H2,(H,27,29). The molecule has 0 atom stereocenters. The molecule has 174 valence electrons. The van der Waals surface area contributed by atoms with Crippen molar-refractivity contribution in [2.45, 2.75) is 6.61 Å². The minimum atomic E-state index is -0.466. The molecule has 2 amide bonds. The summed E-state index contributed by atoms with van der Waals surface area (Å²) >= 11 is 1.27. The molecule has 1 aliphatic rings. The lowest BCUT2D eigenvalue weighted by Crippen LogP contribution is -2.40. The van der Waals surface area contributed by atoms with E-state index in [0.717, 1.165) is 0 Å². The van der Waals surface area contributed by atoms with Gasteiger partial charge in [0, 0.05) is 23.9 Å². The smallest absolute Gasteiger partial charge is 0.291 e. The predicted octanol–water partition coefficient (Wildman–Crippen LogP) is 4.33. The van der Waals surface area contributed by atoms with Crippen LogP contribution in [0, 0.1) is 5.82 Å². The fourth-order valence-electron chi connectivity index (χ4n) is 3.57. The molecule has 1 saturated heterocycles. The molecule has 1 fully saturated rings. The number of amides is 2. The molecule has 10 heteroatoms. The first-order valence-electron chi connectivity index (χ1n) is 10.6. The Hall–Kier alpha value is -3.76. The van der Waals surface area contributed by atoms with Gasteiger partial charge in [-0.2, -0.15) is 0 Å². The number of para-hydroxylation sites is 1. The number of nitrogens with one attached hydrogen (secondary N) is 1. The molecule has 0 radical (unpaired) electrons. The maximum atomic E-state index is 13.1. The average Bonchev–Trinajstić information content (AvgIpc) is 3.49. The zero-order valence-electron chi connectivity index (χ0n) is 18.0. The molecular weight excluding hydrogens is 461 g/mol. The number of hydrogen-bond donors (Lipinski definition) is 1. The summed E-state index contributed by atoms with van der Waals surface area (Å²) in [5.74, 6) is -0.544. The molecule has 5 rings (SSSR count). The van der Waals surface area contributed by atoms with Gasteiger partial charge in [0.05, 0.1) is 13.2 Å². The van der Waals surface area contributed by atoms with Crippen molar-refractivity contribution in [2.75, 3.05) is 31.6 Å². The van der Waals surface area contributed by atoms with Crippen LogP contribution in [0.3, 0.4) is 0 Å². The molecule has 8 nitrogen and oxygen atoms in total. The first-order valence-corrected chi connectivity index (χ1v) is 11.5. The summed E-state index contributed by atoms with van der Waals surface area (Å²) in [6, 6.07) is 12.8. The summed E-state index contributed by atoms with van der Waals surface area (Å²) in [5, 5.41) is 5.64. The largest absolute Gasteiger partial charge is 0.486 e. The fourth-order valence-corrected chi connectivity index (χ4v) is 4.25. The molecule has 2 aromatic heterocycles. The highest BCUT2D eigenvalue weighted by molar-refractivity contribution is 7.09. The Morgan fingerprint density at radius 3 is 2.68 bits per heavy atom. The summed E-state index contributed by atoms with van der Waals surface area (Å²) in [6.45, 7) is 1.95. The van der Waals surface area contributed by atoms with E-state index < -0.39 is 5.91 Å². The second-order valence-electron chi connectivity index (χ2n) is 7.53. The molecule has 0 bridgehead atoms. The van der Waals surface area contributed by atoms with Gasteiger partial charge in [-0.05, 0) is 36.4 Å². The number of nitrogens with zero attached hydrogens (tertiary/aromatic N) is 2. The van der Waals surface area contributed by atoms with Gasteiger partial charge in [-0.1, -0.05) is 12.1 Å². The number of fused-ring (bicyclic) bond motifs is 1. The first kappa shape index (κ1) is 22.1. The van der Waals surface area contributed by atoms with Crippen LogP contribution in [0.2, 0.25) is 0 Å². The summed E-state index contributed by atoms with van der Waals surface area (Å²) in [4.78, 5) is 32.1. The van der Waals surface area contributed by atoms with Gasteiger partial charge in [0.2, 0.25) is 5.76 Å². The molecule has 1 aliphatic heterocycles. The lowest BCUT2D eigenvalue weighted by molar-refractivity contribution is 0.0285. The number of anilines is 1. The predicted molar refractivity (Wildman–Crippen MR) is 124 cm³/mol. The molecule has 0 unspecified atom stereocenters. The Kier molecular flexibility index (Phi) is 6.24.